The summed E-state index contributed by atoms with van der Waals surface area (Å²) in [6.07, 6.45) is 4.31. The predicted molar refractivity (Wildman–Crippen MR) is 140 cm³/mol. The lowest BCUT2D eigenvalue weighted by atomic mass is 9.94. The van der Waals surface area contributed by atoms with Gasteiger partial charge >= 0.3 is 0 Å². The molecule has 0 bridgehead atoms. The summed E-state index contributed by atoms with van der Waals surface area (Å²) in [6, 6.07) is 20.1. The fourth-order valence-corrected chi connectivity index (χ4v) is 5.02. The molecule has 1 aromatic heterocycles. The zero-order valence-corrected chi connectivity index (χ0v) is 21.3. The van der Waals surface area contributed by atoms with Gasteiger partial charge in [-0.3, -0.25) is 9.59 Å². The number of nitrogens with zero attached hydrogens (tertiary/aromatic N) is 4. The number of ketones is 1. The molecular formula is C29H26ClFN4O3. The summed E-state index contributed by atoms with van der Waals surface area (Å²) in [5.41, 5.74) is 1.83. The highest BCUT2D eigenvalue weighted by Crippen LogP contribution is 2.30. The maximum atomic E-state index is 13.5. The largest absolute Gasteiger partial charge is 0.457 e. The summed E-state index contributed by atoms with van der Waals surface area (Å²) in [5, 5.41) is 4.72. The minimum absolute atomic E-state index is 0.0224. The molecule has 0 saturated carbocycles. The van der Waals surface area contributed by atoms with Gasteiger partial charge in [-0.25, -0.2) is 14.1 Å². The third kappa shape index (κ3) is 6.26. The van der Waals surface area contributed by atoms with Crippen LogP contribution in [0.15, 0.2) is 85.5 Å². The highest BCUT2D eigenvalue weighted by Gasteiger charge is 2.39. The zero-order chi connectivity index (χ0) is 26.5. The summed E-state index contributed by atoms with van der Waals surface area (Å²) < 4.78 is 20.3. The summed E-state index contributed by atoms with van der Waals surface area (Å²) >= 11 is 6.38. The molecular weight excluding hydrogens is 507 g/mol. The summed E-state index contributed by atoms with van der Waals surface area (Å²) in [6.45, 7) is 0.498. The normalized spacial score (nSPS) is 16.9. The van der Waals surface area contributed by atoms with Crippen LogP contribution in [-0.2, 0) is 29.0 Å². The first kappa shape index (κ1) is 25.6. The van der Waals surface area contributed by atoms with Crippen LogP contribution < -0.4 is 4.74 Å². The van der Waals surface area contributed by atoms with E-state index in [1.807, 2.05) is 36.4 Å². The monoisotopic (exact) mass is 532 g/mol. The van der Waals surface area contributed by atoms with Crippen LogP contribution in [0, 0.1) is 11.7 Å². The van der Waals surface area contributed by atoms with E-state index in [4.69, 9.17) is 16.3 Å². The van der Waals surface area contributed by atoms with E-state index >= 15 is 0 Å². The van der Waals surface area contributed by atoms with Gasteiger partial charge in [-0.15, -0.1) is 0 Å². The molecule has 0 spiro atoms. The van der Waals surface area contributed by atoms with E-state index in [-0.39, 0.29) is 36.4 Å². The lowest BCUT2D eigenvalue weighted by Crippen LogP contribution is -2.42. The maximum absolute atomic E-state index is 13.5. The second-order valence-electron chi connectivity index (χ2n) is 9.40. The number of likely N-dealkylation sites (tertiary alicyclic amines) is 1. The second-order valence-corrected chi connectivity index (χ2v) is 9.80. The third-order valence-electron chi connectivity index (χ3n) is 6.66. The van der Waals surface area contributed by atoms with Crippen LogP contribution in [0.1, 0.15) is 17.5 Å². The van der Waals surface area contributed by atoms with Crippen molar-refractivity contribution in [1.29, 1.82) is 0 Å². The molecule has 4 aromatic rings. The number of aromatic nitrogens is 3. The molecule has 1 fully saturated rings. The van der Waals surface area contributed by atoms with E-state index < -0.39 is 6.04 Å². The summed E-state index contributed by atoms with van der Waals surface area (Å²) in [5.74, 6) is 0.686. The van der Waals surface area contributed by atoms with Crippen molar-refractivity contribution in [2.75, 3.05) is 6.54 Å². The number of hydrogen-bond donors (Lipinski definition) is 0. The number of hydrogen-bond acceptors (Lipinski definition) is 5. The topological polar surface area (TPSA) is 77.3 Å². The second kappa shape index (κ2) is 11.6. The molecule has 0 unspecified atom stereocenters. The average molecular weight is 533 g/mol. The molecule has 0 aliphatic carbocycles. The van der Waals surface area contributed by atoms with E-state index in [1.165, 1.54) is 29.5 Å². The van der Waals surface area contributed by atoms with Gasteiger partial charge in [0.05, 0.1) is 6.04 Å². The molecule has 1 aliphatic heterocycles. The van der Waals surface area contributed by atoms with E-state index in [2.05, 4.69) is 10.1 Å². The average Bonchev–Trinajstić information content (AvgIpc) is 3.58. The summed E-state index contributed by atoms with van der Waals surface area (Å²) in [7, 11) is 0. The molecule has 2 heterocycles. The number of halogens is 2. The SMILES string of the molecule is O=C(Cc1ccc(Oc2ccc(F)cc2)cc1)[C@@H]1C[C@@H](Cc2ccccc2Cl)CN1C(=O)Cn1cncn1. The Morgan fingerprint density at radius 3 is 2.39 bits per heavy atom. The lowest BCUT2D eigenvalue weighted by Gasteiger charge is -2.23. The van der Waals surface area contributed by atoms with E-state index in [0.29, 0.717) is 35.9 Å². The minimum Gasteiger partial charge on any atom is -0.457 e. The van der Waals surface area contributed by atoms with E-state index in [9.17, 15) is 14.0 Å². The number of benzene rings is 3. The first-order chi connectivity index (χ1) is 18.4. The Labute approximate surface area is 224 Å². The van der Waals surface area contributed by atoms with Gasteiger partial charge < -0.3 is 9.64 Å². The highest BCUT2D eigenvalue weighted by molar-refractivity contribution is 6.31. The first-order valence-electron chi connectivity index (χ1n) is 12.3. The number of carbonyl (C=O) groups excluding carboxylic acids is 2. The Balaban J connectivity index is 1.27. The van der Waals surface area contributed by atoms with Gasteiger partial charge in [0.1, 0.15) is 36.5 Å². The smallest absolute Gasteiger partial charge is 0.244 e. The Morgan fingerprint density at radius 2 is 1.71 bits per heavy atom. The maximum Gasteiger partial charge on any atom is 0.244 e. The van der Waals surface area contributed by atoms with Gasteiger partial charge in [-0.05, 0) is 72.4 Å². The van der Waals surface area contributed by atoms with Gasteiger partial charge in [-0.2, -0.15) is 5.10 Å². The molecule has 2 atom stereocenters. The molecule has 3 aromatic carbocycles. The van der Waals surface area contributed by atoms with E-state index in [1.54, 1.807) is 29.2 Å². The molecule has 0 N–H and O–H groups in total. The van der Waals surface area contributed by atoms with Gasteiger partial charge in [0, 0.05) is 18.0 Å². The number of carbonyl (C=O) groups is 2. The lowest BCUT2D eigenvalue weighted by molar-refractivity contribution is -0.138. The Hall–Kier alpha value is -4.04. The Kier molecular flexibility index (Phi) is 7.79. The van der Waals surface area contributed by atoms with Crippen molar-refractivity contribution in [2.24, 2.45) is 5.92 Å². The van der Waals surface area contributed by atoms with Crippen LogP contribution in [0.25, 0.3) is 0 Å². The molecule has 1 amide bonds. The highest BCUT2D eigenvalue weighted by atomic mass is 35.5. The molecule has 1 saturated heterocycles. The quantitative estimate of drug-likeness (QED) is 0.298. The molecule has 1 aliphatic rings. The van der Waals surface area contributed by atoms with Gasteiger partial charge in [0.2, 0.25) is 5.91 Å². The number of amides is 1. The van der Waals surface area contributed by atoms with Crippen LogP contribution in [0.2, 0.25) is 5.02 Å². The number of ether oxygens (including phenoxy) is 1. The van der Waals surface area contributed by atoms with Crippen molar-refractivity contribution in [3.8, 4) is 11.5 Å². The molecule has 7 nitrogen and oxygen atoms in total. The van der Waals surface area contributed by atoms with Crippen LogP contribution in [0.4, 0.5) is 4.39 Å². The van der Waals surface area contributed by atoms with Gasteiger partial charge in [0.15, 0.2) is 5.78 Å². The predicted octanol–water partition coefficient (Wildman–Crippen LogP) is 5.13. The number of rotatable bonds is 9. The van der Waals surface area contributed by atoms with Crippen LogP contribution >= 0.6 is 11.6 Å². The molecule has 38 heavy (non-hydrogen) atoms. The molecule has 5 rings (SSSR count). The molecule has 9 heteroatoms. The standard InChI is InChI=1S/C29H26ClFN4O3/c30-26-4-2-1-3-22(26)13-21-14-27(35(16-21)29(37)17-34-19-32-18-33-34)28(36)15-20-5-9-24(10-6-20)38-25-11-7-23(31)8-12-25/h1-12,18-19,21,27H,13-17H2/t21-,27+/m1/s1. The Bertz CT molecular complexity index is 1390. The Morgan fingerprint density at radius 1 is 1.00 bits per heavy atom. The fourth-order valence-electron chi connectivity index (χ4n) is 4.80. The summed E-state index contributed by atoms with van der Waals surface area (Å²) in [4.78, 5) is 32.3. The van der Waals surface area contributed by atoms with Gasteiger partial charge in [0.25, 0.3) is 0 Å². The third-order valence-corrected chi connectivity index (χ3v) is 7.03. The van der Waals surface area contributed by atoms with Crippen molar-refractivity contribution < 1.29 is 18.7 Å². The number of Topliss-reactive ketones (excluding diaryl/α,β-unsaturated/α-hetero) is 1. The minimum atomic E-state index is -0.534. The van der Waals surface area contributed by atoms with Crippen molar-refractivity contribution in [3.05, 3.63) is 107 Å². The first-order valence-corrected chi connectivity index (χ1v) is 12.7. The molecule has 0 radical (unpaired) electrons. The van der Waals surface area contributed by atoms with Crippen LogP contribution in [0.3, 0.4) is 0 Å². The van der Waals surface area contributed by atoms with Crippen molar-refractivity contribution in [1.82, 2.24) is 19.7 Å². The molecule has 194 valence electrons. The van der Waals surface area contributed by atoms with Gasteiger partial charge in [-0.1, -0.05) is 41.9 Å². The van der Waals surface area contributed by atoms with E-state index in [0.717, 1.165) is 11.1 Å². The zero-order valence-electron chi connectivity index (χ0n) is 20.5. The van der Waals surface area contributed by atoms with Crippen LogP contribution in [0.5, 0.6) is 11.5 Å². The van der Waals surface area contributed by atoms with Crippen molar-refractivity contribution in [3.63, 3.8) is 0 Å². The fraction of sp³-hybridized carbons (Fsp3) is 0.241. The van der Waals surface area contributed by atoms with Crippen molar-refractivity contribution >= 4 is 23.3 Å². The van der Waals surface area contributed by atoms with Crippen molar-refractivity contribution in [2.45, 2.75) is 31.8 Å². The van der Waals surface area contributed by atoms with Crippen LogP contribution in [-0.4, -0.2) is 43.9 Å².